The second-order valence-corrected chi connectivity index (χ2v) is 20.4. The maximum Gasteiger partial charge on any atom is 0.251 e. The van der Waals surface area contributed by atoms with E-state index >= 15 is 0 Å². The summed E-state index contributed by atoms with van der Waals surface area (Å²) in [4.78, 5) is 64.0. The number of aliphatic hydroxyl groups is 1. The molecule has 0 bridgehead atoms. The number of hydrogen-bond donors (Lipinski definition) is 5. The van der Waals surface area contributed by atoms with Crippen LogP contribution < -0.4 is 30.9 Å². The van der Waals surface area contributed by atoms with Crippen LogP contribution in [-0.4, -0.2) is 110 Å². The molecule has 8 rings (SSSR count). The van der Waals surface area contributed by atoms with Gasteiger partial charge in [0.2, 0.25) is 17.8 Å². The number of hydrogen-bond acceptors (Lipinski definition) is 15. The van der Waals surface area contributed by atoms with Crippen LogP contribution in [0.4, 0.5) is 17.5 Å². The predicted molar refractivity (Wildman–Crippen MR) is 272 cm³/mol. The summed E-state index contributed by atoms with van der Waals surface area (Å²) in [5.41, 5.74) is 7.44. The van der Waals surface area contributed by atoms with E-state index in [1.54, 1.807) is 54.1 Å². The number of imidazole rings is 1. The fourth-order valence-corrected chi connectivity index (χ4v) is 10.8. The number of aryl methyl sites for hydroxylation is 1. The third kappa shape index (κ3) is 11.5. The minimum absolute atomic E-state index is 0.0524. The minimum Gasteiger partial charge on any atom is -0.495 e. The molecule has 376 valence electrons. The number of thiazole rings is 1. The monoisotopic (exact) mass is 986 g/mol. The molecular weight excluding hydrogens is 921 g/mol. The normalized spacial score (nSPS) is 17.5. The number of unbranched alkanes of at least 4 members (excludes halogenated alkanes) is 1. The van der Waals surface area contributed by atoms with Crippen molar-refractivity contribution in [3.63, 3.8) is 0 Å². The summed E-state index contributed by atoms with van der Waals surface area (Å²) in [5.74, 6) is 0.712. The van der Waals surface area contributed by atoms with Gasteiger partial charge in [-0.25, -0.2) is 15.0 Å². The second-order valence-electron chi connectivity index (χ2n) is 19.6. The molecule has 5 heterocycles. The topological polar surface area (TPSA) is 225 Å². The van der Waals surface area contributed by atoms with E-state index in [1.807, 2.05) is 49.9 Å². The van der Waals surface area contributed by atoms with Crippen LogP contribution in [0.25, 0.3) is 16.1 Å². The van der Waals surface area contributed by atoms with Crippen molar-refractivity contribution in [2.24, 2.45) is 5.41 Å². The average Bonchev–Trinajstić information content (AvgIpc) is 4.22. The number of aliphatic hydroxyl groups excluding tert-OH is 1. The van der Waals surface area contributed by atoms with Gasteiger partial charge in [-0.15, -0.1) is 11.3 Å². The molecule has 1 saturated carbocycles. The van der Waals surface area contributed by atoms with Gasteiger partial charge < -0.3 is 40.3 Å². The number of nitrogens with zero attached hydrogens (tertiary/aromatic N) is 8. The van der Waals surface area contributed by atoms with E-state index in [0.717, 1.165) is 77.4 Å². The van der Waals surface area contributed by atoms with Crippen LogP contribution >= 0.6 is 11.3 Å². The Morgan fingerprint density at radius 3 is 2.52 bits per heavy atom. The lowest BCUT2D eigenvalue weighted by molar-refractivity contribution is -0.143. The summed E-state index contributed by atoms with van der Waals surface area (Å²) in [6.07, 6.45) is 10.3. The largest absolute Gasteiger partial charge is 0.495 e. The van der Waals surface area contributed by atoms with E-state index in [4.69, 9.17) is 14.5 Å². The van der Waals surface area contributed by atoms with Gasteiger partial charge in [0.25, 0.3) is 5.91 Å². The van der Waals surface area contributed by atoms with Crippen LogP contribution in [0.15, 0.2) is 60.5 Å². The number of anilines is 3. The number of nitriles is 1. The lowest BCUT2D eigenvalue weighted by Gasteiger charge is -2.41. The first-order valence-corrected chi connectivity index (χ1v) is 25.6. The number of rotatable bonds is 20. The highest BCUT2D eigenvalue weighted by Crippen LogP contribution is 2.45. The van der Waals surface area contributed by atoms with Gasteiger partial charge in [-0.3, -0.25) is 24.3 Å². The molecule has 0 spiro atoms. The van der Waals surface area contributed by atoms with Crippen molar-refractivity contribution in [1.29, 1.82) is 5.26 Å². The molecule has 0 radical (unpaired) electrons. The van der Waals surface area contributed by atoms with E-state index in [-0.39, 0.29) is 37.1 Å². The number of likely N-dealkylation sites (tertiary alicyclic amines) is 1. The summed E-state index contributed by atoms with van der Waals surface area (Å²) in [6, 6.07) is 14.6. The molecule has 3 aliphatic rings. The number of ether oxygens (including phenoxy) is 2. The van der Waals surface area contributed by atoms with E-state index in [9.17, 15) is 24.8 Å². The van der Waals surface area contributed by atoms with Crippen LogP contribution in [0.3, 0.4) is 0 Å². The van der Waals surface area contributed by atoms with Gasteiger partial charge >= 0.3 is 0 Å². The maximum atomic E-state index is 14.0. The summed E-state index contributed by atoms with van der Waals surface area (Å²) in [6.45, 7) is 11.2. The van der Waals surface area contributed by atoms with E-state index in [2.05, 4.69) is 66.2 Å². The first-order chi connectivity index (χ1) is 34.3. The molecule has 2 aromatic carbocycles. The van der Waals surface area contributed by atoms with E-state index < -0.39 is 29.6 Å². The van der Waals surface area contributed by atoms with Gasteiger partial charge in [0.15, 0.2) is 11.5 Å². The molecule has 4 atom stereocenters. The van der Waals surface area contributed by atoms with Crippen molar-refractivity contribution >= 4 is 46.5 Å². The first kappa shape index (κ1) is 50.9. The number of aromatic nitrogens is 5. The Morgan fingerprint density at radius 1 is 1.03 bits per heavy atom. The maximum absolute atomic E-state index is 14.0. The SMILES string of the molecule is CC[C@@H]1c2c(C#N)ncn2-c2cnc(Nc3ccc(C(=O)NCCCCOCC(=O)N[C@H](C(=O)N4CCC[C@H]4C(O)NCc4ccc(-c5scnc5C)cc4)C(C)(C)C)cc3OC)nc2N1C1CCCC1. The van der Waals surface area contributed by atoms with Gasteiger partial charge in [-0.05, 0) is 86.6 Å². The zero-order valence-electron chi connectivity index (χ0n) is 41.5. The Kier molecular flexibility index (Phi) is 16.3. The average molecular weight is 987 g/mol. The third-order valence-corrected chi connectivity index (χ3v) is 14.7. The molecule has 5 N–H and O–H groups in total. The summed E-state index contributed by atoms with van der Waals surface area (Å²) in [5, 5.41) is 33.5. The standard InChI is InChI=1S/C52H66N12O6S/c1-7-39-44-38(26-53)57-30-63(44)41-28-56-51(61-47(41)64(39)36-13-8-9-14-36)59-37-21-20-35(25-42(37)69-6)48(66)54-22-10-11-24-70-29-43(65)60-46(52(3,4)5)50(68)62-23-12-15-40(62)49(67)55-27-33-16-18-34(19-17-33)45-32(2)58-31-71-45/h16-21,25,28,30-31,36,39-40,46,49,55,67H,7-15,22-24,27,29H2,1-6H3,(H,54,66)(H,60,65)(H,56,59,61)/t39-,40+,46-,49?/m1/s1. The van der Waals surface area contributed by atoms with Crippen LogP contribution in [0, 0.1) is 23.7 Å². The fourth-order valence-electron chi connectivity index (χ4n) is 10.00. The van der Waals surface area contributed by atoms with Crippen molar-refractivity contribution in [3.05, 3.63) is 88.7 Å². The molecule has 18 nitrogen and oxygen atoms in total. The van der Waals surface area contributed by atoms with Crippen molar-refractivity contribution in [1.82, 2.24) is 45.4 Å². The summed E-state index contributed by atoms with van der Waals surface area (Å²) >= 11 is 1.61. The number of carbonyl (C=O) groups is 3. The highest BCUT2D eigenvalue weighted by atomic mass is 32.1. The Balaban J connectivity index is 0.779. The number of benzene rings is 2. The van der Waals surface area contributed by atoms with Gasteiger partial charge in [-0.2, -0.15) is 10.2 Å². The molecular formula is C52H66N12O6S. The van der Waals surface area contributed by atoms with Crippen LogP contribution in [0.5, 0.6) is 5.75 Å². The zero-order chi connectivity index (χ0) is 50.2. The van der Waals surface area contributed by atoms with Gasteiger partial charge in [-0.1, -0.05) is 64.8 Å². The number of nitrogens with one attached hydrogen (secondary N) is 4. The van der Waals surface area contributed by atoms with Crippen molar-refractivity contribution in [2.45, 2.75) is 129 Å². The third-order valence-electron chi connectivity index (χ3n) is 13.7. The number of fused-ring (bicyclic) bond motifs is 3. The Morgan fingerprint density at radius 2 is 1.82 bits per heavy atom. The predicted octanol–water partition coefficient (Wildman–Crippen LogP) is 7.09. The number of methoxy groups -OCH3 is 1. The molecule has 1 saturated heterocycles. The zero-order valence-corrected chi connectivity index (χ0v) is 42.4. The van der Waals surface area contributed by atoms with Gasteiger partial charge in [0, 0.05) is 37.8 Å². The molecule has 5 aromatic rings. The lowest BCUT2D eigenvalue weighted by atomic mass is 9.85. The number of carbonyl (C=O) groups excluding carboxylic acids is 3. The highest BCUT2D eigenvalue weighted by Gasteiger charge is 2.42. The lowest BCUT2D eigenvalue weighted by Crippen LogP contribution is -2.58. The Hall–Kier alpha value is -6.46. The summed E-state index contributed by atoms with van der Waals surface area (Å²) in [7, 11) is 1.54. The molecule has 19 heteroatoms. The van der Waals surface area contributed by atoms with Crippen LogP contribution in [-0.2, 0) is 20.9 Å². The molecule has 1 unspecified atom stereocenters. The Bertz CT molecular complexity index is 2710. The second kappa shape index (κ2) is 22.7. The molecule has 2 aliphatic heterocycles. The minimum atomic E-state index is -0.945. The molecule has 3 amide bonds. The van der Waals surface area contributed by atoms with Gasteiger partial charge in [0.05, 0.1) is 52.9 Å². The smallest absolute Gasteiger partial charge is 0.251 e. The fraction of sp³-hybridized carbons (Fsp3) is 0.500. The Labute approximate surface area is 419 Å². The summed E-state index contributed by atoms with van der Waals surface area (Å²) < 4.78 is 13.4. The van der Waals surface area contributed by atoms with Crippen molar-refractivity contribution in [2.75, 3.05) is 43.6 Å². The highest BCUT2D eigenvalue weighted by molar-refractivity contribution is 7.13. The quantitative estimate of drug-likeness (QED) is 0.0388. The van der Waals surface area contributed by atoms with Gasteiger partial charge in [0.1, 0.15) is 42.7 Å². The van der Waals surface area contributed by atoms with Crippen LogP contribution in [0.1, 0.15) is 125 Å². The molecule has 2 fully saturated rings. The van der Waals surface area contributed by atoms with E-state index in [1.165, 1.54) is 0 Å². The van der Waals surface area contributed by atoms with Crippen molar-refractivity contribution in [3.8, 4) is 27.9 Å². The molecule has 71 heavy (non-hydrogen) atoms. The number of amides is 3. The van der Waals surface area contributed by atoms with E-state index in [0.29, 0.717) is 67.5 Å². The van der Waals surface area contributed by atoms with Crippen LogP contribution in [0.2, 0.25) is 0 Å². The molecule has 3 aromatic heterocycles. The van der Waals surface area contributed by atoms with Crippen molar-refractivity contribution < 1.29 is 29.0 Å². The first-order valence-electron chi connectivity index (χ1n) is 24.7. The molecule has 1 aliphatic carbocycles.